The Morgan fingerprint density at radius 1 is 0.812 bits per heavy atom. The van der Waals surface area contributed by atoms with Crippen molar-refractivity contribution in [1.82, 2.24) is 4.57 Å². The Hall–Kier alpha value is -3.23. The van der Waals surface area contributed by atoms with Crippen LogP contribution in [0, 0.1) is 0 Å². The van der Waals surface area contributed by atoms with Gasteiger partial charge >= 0.3 is 0 Å². The lowest BCUT2D eigenvalue weighted by molar-refractivity contribution is 0.621. The van der Waals surface area contributed by atoms with Crippen molar-refractivity contribution in [2.24, 2.45) is 0 Å². The van der Waals surface area contributed by atoms with E-state index in [1.54, 1.807) is 0 Å². The van der Waals surface area contributed by atoms with Gasteiger partial charge in [-0.2, -0.15) is 0 Å². The summed E-state index contributed by atoms with van der Waals surface area (Å²) >= 11 is 2.04. The Kier molecular flexibility index (Phi) is 4.10. The molecule has 0 saturated heterocycles. The Balaban J connectivity index is 1.40. The molecule has 3 aromatic carbocycles. The molecular weight excluding hydrogens is 406 g/mol. The van der Waals surface area contributed by atoms with Crippen LogP contribution in [0.15, 0.2) is 108 Å². The number of rotatable bonds is 2. The molecule has 2 aliphatic carbocycles. The van der Waals surface area contributed by atoms with Crippen LogP contribution in [0.4, 0.5) is 0 Å². The summed E-state index contributed by atoms with van der Waals surface area (Å²) in [5.41, 5.74) is 8.33. The van der Waals surface area contributed by atoms with Crippen molar-refractivity contribution in [3.05, 3.63) is 126 Å². The highest BCUT2D eigenvalue weighted by Gasteiger charge is 2.39. The average Bonchev–Trinajstić information content (AvgIpc) is 3.40. The summed E-state index contributed by atoms with van der Waals surface area (Å²) < 4.78 is 2.59. The molecule has 3 atom stereocenters. The quantitative estimate of drug-likeness (QED) is 0.311. The fourth-order valence-electron chi connectivity index (χ4n) is 5.68. The van der Waals surface area contributed by atoms with E-state index in [9.17, 15) is 0 Å². The molecule has 4 aromatic rings. The molecule has 154 valence electrons. The molecule has 0 spiro atoms. The molecule has 2 heterocycles. The zero-order valence-corrected chi connectivity index (χ0v) is 18.5. The second-order valence-electron chi connectivity index (χ2n) is 8.84. The fraction of sp³-hybridized carbons (Fsp3) is 0.133. The highest BCUT2D eigenvalue weighted by Crippen LogP contribution is 2.59. The fourth-order valence-corrected chi connectivity index (χ4v) is 7.20. The molecular formula is C30H23NS. The Morgan fingerprint density at radius 2 is 1.62 bits per heavy atom. The number of fused-ring (bicyclic) bond motifs is 7. The van der Waals surface area contributed by atoms with Crippen LogP contribution in [-0.4, -0.2) is 4.57 Å². The topological polar surface area (TPSA) is 4.93 Å². The molecule has 1 nitrogen and oxygen atoms in total. The first-order valence-corrected chi connectivity index (χ1v) is 12.3. The minimum absolute atomic E-state index is 0.318. The summed E-state index contributed by atoms with van der Waals surface area (Å²) in [7, 11) is 0. The maximum atomic E-state index is 2.59. The Morgan fingerprint density at radius 3 is 2.56 bits per heavy atom. The van der Waals surface area contributed by atoms with Crippen molar-refractivity contribution in [3.8, 4) is 0 Å². The lowest BCUT2D eigenvalue weighted by atomic mass is 9.86. The summed E-state index contributed by atoms with van der Waals surface area (Å²) in [6, 6.07) is 29.0. The van der Waals surface area contributed by atoms with E-state index in [4.69, 9.17) is 0 Å². The van der Waals surface area contributed by atoms with E-state index in [-0.39, 0.29) is 0 Å². The number of hydrogen-bond donors (Lipinski definition) is 0. The van der Waals surface area contributed by atoms with Crippen molar-refractivity contribution >= 4 is 34.3 Å². The van der Waals surface area contributed by atoms with Gasteiger partial charge in [-0.1, -0.05) is 91.0 Å². The maximum Gasteiger partial charge on any atom is 0.0566 e. The number of allylic oxidation sites excluding steroid dienone is 5. The van der Waals surface area contributed by atoms with Gasteiger partial charge in [-0.3, -0.25) is 0 Å². The van der Waals surface area contributed by atoms with Crippen molar-refractivity contribution in [2.75, 3.05) is 0 Å². The van der Waals surface area contributed by atoms with Gasteiger partial charge in [0.1, 0.15) is 0 Å². The summed E-state index contributed by atoms with van der Waals surface area (Å²) in [4.78, 5) is 1.43. The predicted molar refractivity (Wildman–Crippen MR) is 136 cm³/mol. The molecule has 2 heteroatoms. The van der Waals surface area contributed by atoms with E-state index in [1.807, 2.05) is 11.8 Å². The Bertz CT molecular complexity index is 1440. The standard InChI is InChI=1S/C30H23NS/c1-2-9-20(10-3-1)21-11-8-12-22(19-21)31-26-15-6-4-14-25(26)29-27(31)18-17-24-23-13-5-7-16-28(23)32-30(24)29/h1-11,13-19,22,24,30H,12H2. The second kappa shape index (κ2) is 7.15. The summed E-state index contributed by atoms with van der Waals surface area (Å²) in [5, 5.41) is 1.86. The zero-order valence-electron chi connectivity index (χ0n) is 17.7. The van der Waals surface area contributed by atoms with Gasteiger partial charge in [0.15, 0.2) is 0 Å². The number of aromatic nitrogens is 1. The number of thioether (sulfide) groups is 1. The van der Waals surface area contributed by atoms with Crippen LogP contribution in [0.3, 0.4) is 0 Å². The van der Waals surface area contributed by atoms with Crippen molar-refractivity contribution in [2.45, 2.75) is 28.5 Å². The van der Waals surface area contributed by atoms with Gasteiger partial charge in [0.25, 0.3) is 0 Å². The van der Waals surface area contributed by atoms with Gasteiger partial charge in [-0.25, -0.2) is 0 Å². The number of para-hydroxylation sites is 1. The Labute approximate surface area is 192 Å². The normalized spacial score (nSPS) is 23.0. The van der Waals surface area contributed by atoms with E-state index in [2.05, 4.69) is 114 Å². The van der Waals surface area contributed by atoms with Crippen LogP contribution in [0.5, 0.6) is 0 Å². The van der Waals surface area contributed by atoms with Crippen LogP contribution in [0.1, 0.15) is 46.0 Å². The molecule has 7 rings (SSSR count). The molecule has 0 fully saturated rings. The average molecular weight is 430 g/mol. The minimum atomic E-state index is 0.318. The summed E-state index contributed by atoms with van der Waals surface area (Å²) in [6.45, 7) is 0. The first-order chi connectivity index (χ1) is 15.9. The van der Waals surface area contributed by atoms with Gasteiger partial charge in [0.05, 0.1) is 6.04 Å². The molecule has 1 aliphatic heterocycles. The maximum absolute atomic E-state index is 2.59. The van der Waals surface area contributed by atoms with E-state index >= 15 is 0 Å². The van der Waals surface area contributed by atoms with Crippen molar-refractivity contribution < 1.29 is 0 Å². The molecule has 3 aliphatic rings. The second-order valence-corrected chi connectivity index (χ2v) is 10.0. The van der Waals surface area contributed by atoms with Crippen LogP contribution >= 0.6 is 11.8 Å². The van der Waals surface area contributed by atoms with Crippen molar-refractivity contribution in [1.29, 1.82) is 0 Å². The van der Waals surface area contributed by atoms with Crippen LogP contribution in [0.25, 0.3) is 22.6 Å². The van der Waals surface area contributed by atoms with Gasteiger partial charge in [0.2, 0.25) is 0 Å². The molecule has 1 aromatic heterocycles. The number of hydrogen-bond acceptors (Lipinski definition) is 1. The van der Waals surface area contributed by atoms with Gasteiger partial charge in [0, 0.05) is 32.7 Å². The smallest absolute Gasteiger partial charge is 0.0566 e. The van der Waals surface area contributed by atoms with E-state index in [1.165, 1.54) is 43.8 Å². The zero-order chi connectivity index (χ0) is 21.1. The number of nitrogens with zero attached hydrogens (tertiary/aromatic N) is 1. The molecule has 0 N–H and O–H groups in total. The van der Waals surface area contributed by atoms with Crippen LogP contribution < -0.4 is 0 Å². The minimum Gasteiger partial charge on any atom is -0.333 e. The first kappa shape index (κ1) is 18.4. The SMILES string of the molecule is C1=CC(c2ccccc2)=CC(n2c3c(c4ccccc42)C2Sc4ccccc4C2C=C3)C1. The summed E-state index contributed by atoms with van der Waals surface area (Å²) in [6.07, 6.45) is 12.9. The van der Waals surface area contributed by atoms with E-state index in [0.717, 1.165) is 6.42 Å². The van der Waals surface area contributed by atoms with Gasteiger partial charge in [-0.15, -0.1) is 11.8 Å². The van der Waals surface area contributed by atoms with Crippen LogP contribution in [0.2, 0.25) is 0 Å². The first-order valence-electron chi connectivity index (χ1n) is 11.4. The van der Waals surface area contributed by atoms with E-state index in [0.29, 0.717) is 17.2 Å². The van der Waals surface area contributed by atoms with Gasteiger partial charge in [-0.05, 0) is 46.9 Å². The lowest BCUT2D eigenvalue weighted by Gasteiger charge is -2.26. The number of benzene rings is 3. The lowest BCUT2D eigenvalue weighted by Crippen LogP contribution is -2.13. The monoisotopic (exact) mass is 429 g/mol. The highest BCUT2D eigenvalue weighted by atomic mass is 32.2. The van der Waals surface area contributed by atoms with Crippen LogP contribution in [-0.2, 0) is 0 Å². The molecule has 0 radical (unpaired) electrons. The van der Waals surface area contributed by atoms with Crippen molar-refractivity contribution in [3.63, 3.8) is 0 Å². The van der Waals surface area contributed by atoms with E-state index < -0.39 is 0 Å². The molecule has 3 unspecified atom stereocenters. The predicted octanol–water partition coefficient (Wildman–Crippen LogP) is 8.18. The molecule has 32 heavy (non-hydrogen) atoms. The molecule has 0 saturated carbocycles. The molecule has 0 amide bonds. The third kappa shape index (κ3) is 2.66. The third-order valence-electron chi connectivity index (χ3n) is 7.08. The highest BCUT2D eigenvalue weighted by molar-refractivity contribution is 8.00. The molecule has 0 bridgehead atoms. The third-order valence-corrected chi connectivity index (χ3v) is 8.49. The largest absolute Gasteiger partial charge is 0.333 e. The van der Waals surface area contributed by atoms with Gasteiger partial charge < -0.3 is 4.57 Å². The summed E-state index contributed by atoms with van der Waals surface area (Å²) in [5.74, 6) is 0.463.